The summed E-state index contributed by atoms with van der Waals surface area (Å²) in [6, 6.07) is 0.00117. The fourth-order valence-corrected chi connectivity index (χ4v) is 3.78. The van der Waals surface area contributed by atoms with Crippen LogP contribution < -0.4 is 10.6 Å². The van der Waals surface area contributed by atoms with E-state index >= 15 is 0 Å². The summed E-state index contributed by atoms with van der Waals surface area (Å²) in [6.45, 7) is 2.20. The normalized spacial score (nSPS) is 23.2. The van der Waals surface area contributed by atoms with E-state index in [-0.39, 0.29) is 6.17 Å². The Morgan fingerprint density at radius 3 is 2.62 bits per heavy atom. The zero-order valence-electron chi connectivity index (χ0n) is 17.4. The van der Waals surface area contributed by atoms with Crippen LogP contribution in [0.3, 0.4) is 0 Å². The molecular formula is C21H25F3N4O4. The highest BCUT2D eigenvalue weighted by molar-refractivity contribution is 6.13. The number of hydrogen-bond donors (Lipinski definition) is 4. The average molecular weight is 454 g/mol. The smallest absolute Gasteiger partial charge is 0.256 e. The molecule has 2 aliphatic heterocycles. The number of dihydropyridines is 1. The first kappa shape index (κ1) is 23.7. The maximum absolute atomic E-state index is 13.8. The van der Waals surface area contributed by atoms with Gasteiger partial charge in [0.1, 0.15) is 17.7 Å². The van der Waals surface area contributed by atoms with Crippen molar-refractivity contribution in [3.05, 3.63) is 46.5 Å². The van der Waals surface area contributed by atoms with Crippen molar-refractivity contribution in [3.63, 3.8) is 0 Å². The Bertz CT molecular complexity index is 947. The maximum atomic E-state index is 13.8. The quantitative estimate of drug-likeness (QED) is 0.484. The molecule has 174 valence electrons. The molecule has 0 aliphatic carbocycles. The molecule has 0 spiro atoms. The molecule has 0 aromatic heterocycles. The van der Waals surface area contributed by atoms with Gasteiger partial charge in [0, 0.05) is 24.9 Å². The molecule has 1 fully saturated rings. The standard InChI is InChI=1S/C21H25F3N4O4/c1-2-28(15-5-3-4-8-25-15)21(32)17-19(30)18(29)12(10-26-17)20(31)27-9-11-13(22)6-7-14(23)16(11)24/h6-7,10,15,17,19,25,29-30H,2-5,8-9H2,1H3,(H,27,31)/t15-,17+,19?/m1/s1. The molecule has 1 unspecified atom stereocenters. The van der Waals surface area contributed by atoms with E-state index in [1.165, 1.54) is 4.90 Å². The van der Waals surface area contributed by atoms with Gasteiger partial charge in [-0.1, -0.05) is 0 Å². The lowest BCUT2D eigenvalue weighted by Gasteiger charge is -2.37. The molecule has 0 saturated carbocycles. The number of aliphatic hydroxyl groups excluding tert-OH is 2. The molecule has 1 saturated heterocycles. The van der Waals surface area contributed by atoms with Crippen molar-refractivity contribution in [3.8, 4) is 0 Å². The number of carbonyl (C=O) groups excluding carboxylic acids is 2. The lowest BCUT2D eigenvalue weighted by molar-refractivity contribution is -0.138. The van der Waals surface area contributed by atoms with Gasteiger partial charge < -0.3 is 20.4 Å². The van der Waals surface area contributed by atoms with Gasteiger partial charge in [0.2, 0.25) is 0 Å². The van der Waals surface area contributed by atoms with Gasteiger partial charge in [-0.05, 0) is 44.9 Å². The number of benzene rings is 1. The molecule has 2 aliphatic rings. The average Bonchev–Trinajstić information content (AvgIpc) is 2.79. The number of nitrogens with zero attached hydrogens (tertiary/aromatic N) is 2. The highest BCUT2D eigenvalue weighted by atomic mass is 19.2. The third-order valence-corrected chi connectivity index (χ3v) is 5.57. The van der Waals surface area contributed by atoms with E-state index in [2.05, 4.69) is 15.6 Å². The molecule has 0 bridgehead atoms. The van der Waals surface area contributed by atoms with E-state index in [1.54, 1.807) is 6.92 Å². The Labute approximate surface area is 182 Å². The van der Waals surface area contributed by atoms with Crippen molar-refractivity contribution in [1.82, 2.24) is 15.5 Å². The molecule has 2 amide bonds. The summed E-state index contributed by atoms with van der Waals surface area (Å²) in [6.07, 6.45) is 1.64. The highest BCUT2D eigenvalue weighted by Gasteiger charge is 2.39. The van der Waals surface area contributed by atoms with Gasteiger partial charge in [0.15, 0.2) is 17.7 Å². The largest absolute Gasteiger partial charge is 0.509 e. The Morgan fingerprint density at radius 1 is 1.25 bits per heavy atom. The minimum Gasteiger partial charge on any atom is -0.509 e. The molecule has 1 aromatic carbocycles. The molecular weight excluding hydrogens is 429 g/mol. The number of aliphatic imine (C=N–C) groups is 1. The van der Waals surface area contributed by atoms with E-state index in [0.717, 1.165) is 38.1 Å². The van der Waals surface area contributed by atoms with Gasteiger partial charge >= 0.3 is 0 Å². The molecule has 4 N–H and O–H groups in total. The lowest BCUT2D eigenvalue weighted by atomic mass is 9.99. The molecule has 3 atom stereocenters. The van der Waals surface area contributed by atoms with Crippen molar-refractivity contribution in [2.75, 3.05) is 13.1 Å². The summed E-state index contributed by atoms with van der Waals surface area (Å²) >= 11 is 0. The summed E-state index contributed by atoms with van der Waals surface area (Å²) in [5, 5.41) is 26.1. The number of amides is 2. The monoisotopic (exact) mass is 454 g/mol. The summed E-state index contributed by atoms with van der Waals surface area (Å²) in [7, 11) is 0. The minimum absolute atomic E-state index is 0.212. The number of rotatable bonds is 6. The maximum Gasteiger partial charge on any atom is 0.256 e. The van der Waals surface area contributed by atoms with Gasteiger partial charge in [-0.3, -0.25) is 19.9 Å². The number of likely N-dealkylation sites (N-methyl/N-ethyl adjacent to an activating group) is 1. The van der Waals surface area contributed by atoms with Crippen LogP contribution >= 0.6 is 0 Å². The van der Waals surface area contributed by atoms with Crippen LogP contribution in [0, 0.1) is 17.5 Å². The Morgan fingerprint density at radius 2 is 1.97 bits per heavy atom. The van der Waals surface area contributed by atoms with E-state index in [0.29, 0.717) is 12.6 Å². The second kappa shape index (κ2) is 10.1. The molecule has 1 aromatic rings. The highest BCUT2D eigenvalue weighted by Crippen LogP contribution is 2.22. The third kappa shape index (κ3) is 4.78. The van der Waals surface area contributed by atoms with Gasteiger partial charge in [-0.15, -0.1) is 0 Å². The predicted octanol–water partition coefficient (Wildman–Crippen LogP) is 1.29. The van der Waals surface area contributed by atoms with Crippen LogP contribution in [0.25, 0.3) is 0 Å². The molecule has 32 heavy (non-hydrogen) atoms. The van der Waals surface area contributed by atoms with Gasteiger partial charge in [-0.25, -0.2) is 13.2 Å². The van der Waals surface area contributed by atoms with Crippen molar-refractivity contribution < 1.29 is 33.0 Å². The number of carbonyl (C=O) groups is 2. The molecule has 0 radical (unpaired) electrons. The summed E-state index contributed by atoms with van der Waals surface area (Å²) in [4.78, 5) is 30.8. The van der Waals surface area contributed by atoms with Gasteiger partial charge in [0.25, 0.3) is 11.8 Å². The zero-order chi connectivity index (χ0) is 23.4. The summed E-state index contributed by atoms with van der Waals surface area (Å²) in [5.74, 6) is -6.07. The van der Waals surface area contributed by atoms with Crippen LogP contribution in [0.1, 0.15) is 31.7 Å². The minimum atomic E-state index is -1.77. The zero-order valence-corrected chi connectivity index (χ0v) is 17.4. The molecule has 11 heteroatoms. The van der Waals surface area contributed by atoms with Crippen molar-refractivity contribution in [2.24, 2.45) is 4.99 Å². The number of hydrogen-bond acceptors (Lipinski definition) is 6. The SMILES string of the molecule is CCN(C(=O)[C@H]1N=CC(C(=O)NCc2c(F)ccc(F)c2F)=C(O)C1O)[C@@H]1CCCCN1. The van der Waals surface area contributed by atoms with Crippen molar-refractivity contribution in [1.29, 1.82) is 0 Å². The number of nitrogens with one attached hydrogen (secondary N) is 2. The van der Waals surface area contributed by atoms with Gasteiger partial charge in [-0.2, -0.15) is 0 Å². The van der Waals surface area contributed by atoms with Crippen LogP contribution in [0.2, 0.25) is 0 Å². The number of halogens is 3. The van der Waals surface area contributed by atoms with E-state index in [4.69, 9.17) is 0 Å². The second-order valence-electron chi connectivity index (χ2n) is 7.56. The first-order chi connectivity index (χ1) is 15.3. The molecule has 8 nitrogen and oxygen atoms in total. The van der Waals surface area contributed by atoms with E-state index in [1.807, 2.05) is 0 Å². The Hall–Kier alpha value is -2.92. The Balaban J connectivity index is 1.70. The first-order valence-electron chi connectivity index (χ1n) is 10.3. The van der Waals surface area contributed by atoms with Crippen LogP contribution in [-0.2, 0) is 16.1 Å². The topological polar surface area (TPSA) is 114 Å². The molecule has 3 rings (SSSR count). The molecule has 2 heterocycles. The number of piperidine rings is 1. The van der Waals surface area contributed by atoms with Crippen LogP contribution in [0.4, 0.5) is 13.2 Å². The van der Waals surface area contributed by atoms with Crippen LogP contribution in [0.5, 0.6) is 0 Å². The van der Waals surface area contributed by atoms with Crippen molar-refractivity contribution >= 4 is 18.0 Å². The number of aliphatic hydroxyl groups is 2. The Kier molecular flexibility index (Phi) is 7.52. The van der Waals surface area contributed by atoms with Crippen LogP contribution in [0.15, 0.2) is 28.5 Å². The van der Waals surface area contributed by atoms with Crippen molar-refractivity contribution in [2.45, 2.75) is 51.0 Å². The summed E-state index contributed by atoms with van der Waals surface area (Å²) in [5.41, 5.74) is -1.16. The summed E-state index contributed by atoms with van der Waals surface area (Å²) < 4.78 is 40.8. The van der Waals surface area contributed by atoms with Crippen LogP contribution in [-0.4, -0.2) is 64.5 Å². The second-order valence-corrected chi connectivity index (χ2v) is 7.56. The first-order valence-corrected chi connectivity index (χ1v) is 10.3. The third-order valence-electron chi connectivity index (χ3n) is 5.57. The lowest BCUT2D eigenvalue weighted by Crippen LogP contribution is -2.55. The van der Waals surface area contributed by atoms with E-state index in [9.17, 15) is 33.0 Å². The predicted molar refractivity (Wildman–Crippen MR) is 109 cm³/mol. The fraction of sp³-hybridized carbons (Fsp3) is 0.476. The fourth-order valence-electron chi connectivity index (χ4n) is 3.78. The van der Waals surface area contributed by atoms with E-state index < -0.39 is 64.9 Å². The van der Waals surface area contributed by atoms with Gasteiger partial charge in [0.05, 0.1) is 11.7 Å².